The van der Waals surface area contributed by atoms with E-state index in [0.29, 0.717) is 5.82 Å². The Morgan fingerprint density at radius 2 is 2.11 bits per heavy atom. The normalized spacial score (nSPS) is 30.6. The summed E-state index contributed by atoms with van der Waals surface area (Å²) in [4.78, 5) is 6.00. The number of aliphatic hydroxyl groups is 3. The molecule has 0 saturated carbocycles. The predicted molar refractivity (Wildman–Crippen MR) is 70.4 cm³/mol. The van der Waals surface area contributed by atoms with Gasteiger partial charge in [0, 0.05) is 20.3 Å². The minimum Gasteiger partial charge on any atom is -0.394 e. The SMILES string of the molecule is CN(C)c1ccn([C@@H]2O[C@H](CO)[C@@H](O)[C@H]2O)c(=S)n1. The molecule has 0 aromatic carbocycles. The lowest BCUT2D eigenvalue weighted by molar-refractivity contribution is -0.0540. The van der Waals surface area contributed by atoms with Crippen molar-refractivity contribution >= 4 is 18.0 Å². The van der Waals surface area contributed by atoms with E-state index in [4.69, 9.17) is 22.1 Å². The number of hydrogen-bond donors (Lipinski definition) is 3. The molecular formula is C11H17N3O4S. The Bertz CT molecular complexity index is 507. The van der Waals surface area contributed by atoms with E-state index in [0.717, 1.165) is 0 Å². The molecule has 0 spiro atoms. The summed E-state index contributed by atoms with van der Waals surface area (Å²) in [5, 5.41) is 28.7. The highest BCUT2D eigenvalue weighted by Crippen LogP contribution is 2.29. The van der Waals surface area contributed by atoms with Crippen molar-refractivity contribution in [1.29, 1.82) is 0 Å². The van der Waals surface area contributed by atoms with Gasteiger partial charge in [0.25, 0.3) is 0 Å². The number of aliphatic hydroxyl groups excluding tert-OH is 3. The van der Waals surface area contributed by atoms with Crippen LogP contribution in [0, 0.1) is 4.77 Å². The molecule has 1 saturated heterocycles. The van der Waals surface area contributed by atoms with E-state index in [9.17, 15) is 10.2 Å². The molecule has 19 heavy (non-hydrogen) atoms. The molecule has 106 valence electrons. The molecule has 1 aliphatic heterocycles. The second-order valence-corrected chi connectivity index (χ2v) is 4.96. The number of ether oxygens (including phenoxy) is 1. The Balaban J connectivity index is 2.31. The van der Waals surface area contributed by atoms with Crippen LogP contribution in [0.5, 0.6) is 0 Å². The third-order valence-electron chi connectivity index (χ3n) is 3.06. The van der Waals surface area contributed by atoms with Crippen molar-refractivity contribution in [1.82, 2.24) is 9.55 Å². The van der Waals surface area contributed by atoms with Crippen molar-refractivity contribution in [3.05, 3.63) is 17.0 Å². The molecule has 1 fully saturated rings. The van der Waals surface area contributed by atoms with Gasteiger partial charge in [-0.15, -0.1) is 0 Å². The highest BCUT2D eigenvalue weighted by Gasteiger charge is 2.43. The molecule has 1 aromatic rings. The van der Waals surface area contributed by atoms with Crippen molar-refractivity contribution in [2.24, 2.45) is 0 Å². The highest BCUT2D eigenvalue weighted by atomic mass is 32.1. The molecule has 7 nitrogen and oxygen atoms in total. The van der Waals surface area contributed by atoms with Gasteiger partial charge in [0.15, 0.2) is 6.23 Å². The lowest BCUT2D eigenvalue weighted by Gasteiger charge is -2.19. The first kappa shape index (κ1) is 14.4. The monoisotopic (exact) mass is 287 g/mol. The minimum atomic E-state index is -1.16. The van der Waals surface area contributed by atoms with Gasteiger partial charge in [-0.2, -0.15) is 0 Å². The molecule has 1 aromatic heterocycles. The number of rotatable bonds is 3. The van der Waals surface area contributed by atoms with Gasteiger partial charge < -0.3 is 25.0 Å². The summed E-state index contributed by atoms with van der Waals surface area (Å²) >= 11 is 5.15. The quantitative estimate of drug-likeness (QED) is 0.633. The van der Waals surface area contributed by atoms with Crippen LogP contribution in [0.4, 0.5) is 5.82 Å². The van der Waals surface area contributed by atoms with E-state index in [1.165, 1.54) is 4.57 Å². The fourth-order valence-corrected chi connectivity index (χ4v) is 2.21. The maximum atomic E-state index is 9.92. The molecule has 0 aliphatic carbocycles. The van der Waals surface area contributed by atoms with E-state index < -0.39 is 24.5 Å². The molecule has 8 heteroatoms. The van der Waals surface area contributed by atoms with Crippen molar-refractivity contribution in [3.63, 3.8) is 0 Å². The first-order chi connectivity index (χ1) is 8.95. The van der Waals surface area contributed by atoms with Crippen LogP contribution in [0.3, 0.4) is 0 Å². The van der Waals surface area contributed by atoms with Gasteiger partial charge in [-0.05, 0) is 18.3 Å². The fraction of sp³-hybridized carbons (Fsp3) is 0.636. The maximum Gasteiger partial charge on any atom is 0.203 e. The van der Waals surface area contributed by atoms with E-state index in [-0.39, 0.29) is 11.4 Å². The van der Waals surface area contributed by atoms with Gasteiger partial charge >= 0.3 is 0 Å². The second-order valence-electron chi connectivity index (χ2n) is 4.60. The van der Waals surface area contributed by atoms with E-state index >= 15 is 0 Å². The first-order valence-corrected chi connectivity index (χ1v) is 6.25. The summed E-state index contributed by atoms with van der Waals surface area (Å²) in [5.74, 6) is 0.688. The summed E-state index contributed by atoms with van der Waals surface area (Å²) in [6.45, 7) is -0.370. The topological polar surface area (TPSA) is 91.0 Å². The third-order valence-corrected chi connectivity index (χ3v) is 3.37. The number of aromatic nitrogens is 2. The summed E-state index contributed by atoms with van der Waals surface area (Å²) in [6, 6.07) is 1.73. The lowest BCUT2D eigenvalue weighted by Crippen LogP contribution is -2.33. The maximum absolute atomic E-state index is 9.92. The van der Waals surface area contributed by atoms with E-state index in [2.05, 4.69) is 4.98 Å². The van der Waals surface area contributed by atoms with Crippen LogP contribution in [0.1, 0.15) is 6.23 Å². The zero-order chi connectivity index (χ0) is 14.2. The van der Waals surface area contributed by atoms with Crippen molar-refractivity contribution in [2.75, 3.05) is 25.6 Å². The average Bonchev–Trinajstić information content (AvgIpc) is 2.66. The van der Waals surface area contributed by atoms with Gasteiger partial charge in [-0.1, -0.05) is 0 Å². The lowest BCUT2D eigenvalue weighted by atomic mass is 10.1. The van der Waals surface area contributed by atoms with Crippen LogP contribution in [-0.4, -0.2) is 63.9 Å². The smallest absolute Gasteiger partial charge is 0.203 e. The largest absolute Gasteiger partial charge is 0.394 e. The molecule has 0 amide bonds. The summed E-state index contributed by atoms with van der Waals surface area (Å²) < 4.78 is 7.10. The molecule has 0 unspecified atom stereocenters. The Morgan fingerprint density at radius 3 is 2.58 bits per heavy atom. The zero-order valence-corrected chi connectivity index (χ0v) is 11.5. The van der Waals surface area contributed by atoms with Crippen LogP contribution in [-0.2, 0) is 4.74 Å². The Morgan fingerprint density at radius 1 is 1.42 bits per heavy atom. The summed E-state index contributed by atoms with van der Waals surface area (Å²) in [6.07, 6.45) is -2.33. The minimum absolute atomic E-state index is 0.237. The summed E-state index contributed by atoms with van der Waals surface area (Å²) in [7, 11) is 3.68. The average molecular weight is 287 g/mol. The Hall–Kier alpha value is -1.06. The molecule has 3 N–H and O–H groups in total. The Kier molecular flexibility index (Phi) is 4.16. The third kappa shape index (κ3) is 2.63. The standard InChI is InChI=1S/C11H17N3O4S/c1-13(2)7-3-4-14(11(19)12-7)10-9(17)8(16)6(5-15)18-10/h3-4,6,8-10,15-17H,5H2,1-2H3/t6-,8-,9-,10-/m1/s1. The van der Waals surface area contributed by atoms with Gasteiger partial charge in [-0.3, -0.25) is 4.57 Å². The van der Waals surface area contributed by atoms with Crippen LogP contribution in [0.2, 0.25) is 0 Å². The number of nitrogens with zero attached hydrogens (tertiary/aromatic N) is 3. The van der Waals surface area contributed by atoms with Gasteiger partial charge in [0.1, 0.15) is 24.1 Å². The van der Waals surface area contributed by atoms with Gasteiger partial charge in [0.05, 0.1) is 6.61 Å². The van der Waals surface area contributed by atoms with Crippen LogP contribution in [0.25, 0.3) is 0 Å². The Labute approximate surface area is 115 Å². The molecule has 0 bridgehead atoms. The van der Waals surface area contributed by atoms with Crippen LogP contribution < -0.4 is 4.90 Å². The number of hydrogen-bond acceptors (Lipinski definition) is 7. The zero-order valence-electron chi connectivity index (χ0n) is 10.7. The van der Waals surface area contributed by atoms with Crippen molar-refractivity contribution in [3.8, 4) is 0 Å². The van der Waals surface area contributed by atoms with Crippen molar-refractivity contribution < 1.29 is 20.1 Å². The van der Waals surface area contributed by atoms with Gasteiger partial charge in [-0.25, -0.2) is 4.98 Å². The molecule has 2 rings (SSSR count). The molecule has 4 atom stereocenters. The predicted octanol–water partition coefficient (Wildman–Crippen LogP) is -0.710. The first-order valence-electron chi connectivity index (χ1n) is 5.84. The second kappa shape index (κ2) is 5.51. The van der Waals surface area contributed by atoms with Crippen LogP contribution in [0.15, 0.2) is 12.3 Å². The van der Waals surface area contributed by atoms with Gasteiger partial charge in [0.2, 0.25) is 4.77 Å². The summed E-state index contributed by atoms with van der Waals surface area (Å²) in [5.41, 5.74) is 0. The van der Waals surface area contributed by atoms with E-state index in [1.54, 1.807) is 17.2 Å². The number of anilines is 1. The highest BCUT2D eigenvalue weighted by molar-refractivity contribution is 7.71. The van der Waals surface area contributed by atoms with Crippen molar-refractivity contribution in [2.45, 2.75) is 24.5 Å². The van der Waals surface area contributed by atoms with E-state index in [1.807, 2.05) is 14.1 Å². The molecule has 0 radical (unpaired) electrons. The fourth-order valence-electron chi connectivity index (χ4n) is 1.96. The molecular weight excluding hydrogens is 270 g/mol. The molecule has 1 aliphatic rings. The molecule has 2 heterocycles. The van der Waals surface area contributed by atoms with Crippen LogP contribution >= 0.6 is 12.2 Å².